The first-order chi connectivity index (χ1) is 7.25. The van der Waals surface area contributed by atoms with Gasteiger partial charge in [0.05, 0.1) is 0 Å². The quantitative estimate of drug-likeness (QED) is 0.798. The number of benzene rings is 1. The number of carboxylic acids is 1. The van der Waals surface area contributed by atoms with Gasteiger partial charge >= 0.3 is 5.97 Å². The van der Waals surface area contributed by atoms with Crippen LogP contribution in [0, 0.1) is 0 Å². The fraction of sp³-hybridized carbons (Fsp3) is 0.250. The highest BCUT2D eigenvalue weighted by atomic mass is 32.1. The first-order valence-corrected chi connectivity index (χ1v) is 5.85. The Kier molecular flexibility index (Phi) is 1.83. The maximum absolute atomic E-state index is 10.9. The first-order valence-electron chi connectivity index (χ1n) is 5.03. The standard InChI is InChI=1S/C12H10O2S/c13-12(14)10-6-8-5-4-7-2-1-3-9(7)11(8)15-10/h4-6H,1-3H2,(H,13,14). The highest BCUT2D eigenvalue weighted by Crippen LogP contribution is 2.35. The Hall–Kier alpha value is -1.35. The molecule has 0 bridgehead atoms. The van der Waals surface area contributed by atoms with E-state index in [9.17, 15) is 4.79 Å². The molecule has 15 heavy (non-hydrogen) atoms. The van der Waals surface area contributed by atoms with Gasteiger partial charge in [-0.25, -0.2) is 4.79 Å². The highest BCUT2D eigenvalue weighted by Gasteiger charge is 2.17. The van der Waals surface area contributed by atoms with Crippen LogP contribution >= 0.6 is 11.3 Å². The van der Waals surface area contributed by atoms with E-state index in [-0.39, 0.29) is 0 Å². The van der Waals surface area contributed by atoms with Crippen LogP contribution in [0.3, 0.4) is 0 Å². The monoisotopic (exact) mass is 218 g/mol. The smallest absolute Gasteiger partial charge is 0.345 e. The Labute approximate surface area is 91.2 Å². The Morgan fingerprint density at radius 1 is 1.33 bits per heavy atom. The summed E-state index contributed by atoms with van der Waals surface area (Å²) >= 11 is 1.41. The van der Waals surface area contributed by atoms with Crippen LogP contribution in [0.5, 0.6) is 0 Å². The molecule has 0 saturated carbocycles. The van der Waals surface area contributed by atoms with E-state index in [1.54, 1.807) is 6.07 Å². The molecule has 0 saturated heterocycles. The summed E-state index contributed by atoms with van der Waals surface area (Å²) < 4.78 is 1.18. The van der Waals surface area contributed by atoms with E-state index < -0.39 is 5.97 Å². The van der Waals surface area contributed by atoms with Crippen LogP contribution in [0.4, 0.5) is 0 Å². The molecule has 0 atom stereocenters. The number of rotatable bonds is 1. The van der Waals surface area contributed by atoms with Gasteiger partial charge in [0.15, 0.2) is 0 Å². The van der Waals surface area contributed by atoms with Crippen LogP contribution in [-0.4, -0.2) is 11.1 Å². The third-order valence-corrected chi connectivity index (χ3v) is 4.17. The second kappa shape index (κ2) is 3.07. The van der Waals surface area contributed by atoms with E-state index in [1.165, 1.54) is 33.6 Å². The summed E-state index contributed by atoms with van der Waals surface area (Å²) in [5.41, 5.74) is 2.78. The van der Waals surface area contributed by atoms with Gasteiger partial charge in [-0.05, 0) is 41.8 Å². The second-order valence-electron chi connectivity index (χ2n) is 3.89. The van der Waals surface area contributed by atoms with Crippen molar-refractivity contribution in [2.45, 2.75) is 19.3 Å². The van der Waals surface area contributed by atoms with Crippen LogP contribution in [0.25, 0.3) is 10.1 Å². The van der Waals surface area contributed by atoms with Crippen molar-refractivity contribution in [3.8, 4) is 0 Å². The minimum Gasteiger partial charge on any atom is -0.477 e. The lowest BCUT2D eigenvalue weighted by molar-refractivity contribution is 0.0702. The Bertz CT molecular complexity index is 554. The minimum absolute atomic E-state index is 0.449. The zero-order valence-electron chi connectivity index (χ0n) is 8.12. The summed E-state index contributed by atoms with van der Waals surface area (Å²) in [5.74, 6) is -0.817. The van der Waals surface area contributed by atoms with E-state index in [0.29, 0.717) is 4.88 Å². The summed E-state index contributed by atoms with van der Waals surface area (Å²) in [5, 5.41) is 10.0. The third-order valence-electron chi connectivity index (χ3n) is 2.97. The molecule has 0 fully saturated rings. The average molecular weight is 218 g/mol. The maximum atomic E-state index is 10.9. The van der Waals surface area contributed by atoms with Gasteiger partial charge in [-0.3, -0.25) is 0 Å². The summed E-state index contributed by atoms with van der Waals surface area (Å²) in [7, 11) is 0. The minimum atomic E-state index is -0.817. The molecule has 1 heterocycles. The topological polar surface area (TPSA) is 37.3 Å². The average Bonchev–Trinajstić information content (AvgIpc) is 2.82. The van der Waals surface area contributed by atoms with Crippen LogP contribution in [0.15, 0.2) is 18.2 Å². The van der Waals surface area contributed by atoms with Crippen molar-refractivity contribution in [3.63, 3.8) is 0 Å². The van der Waals surface area contributed by atoms with Crippen molar-refractivity contribution in [2.24, 2.45) is 0 Å². The lowest BCUT2D eigenvalue weighted by atomic mass is 10.1. The van der Waals surface area contributed by atoms with E-state index >= 15 is 0 Å². The largest absolute Gasteiger partial charge is 0.477 e. The number of aryl methyl sites for hydroxylation is 2. The molecule has 0 radical (unpaired) electrons. The number of carboxylic acid groups (broad SMARTS) is 1. The summed E-state index contributed by atoms with van der Waals surface area (Å²) in [6, 6.07) is 5.96. The molecule has 3 rings (SSSR count). The Morgan fingerprint density at radius 3 is 3.00 bits per heavy atom. The van der Waals surface area contributed by atoms with Gasteiger partial charge in [0.2, 0.25) is 0 Å². The van der Waals surface area contributed by atoms with Gasteiger partial charge < -0.3 is 5.11 Å². The zero-order valence-corrected chi connectivity index (χ0v) is 8.93. The molecule has 2 aromatic rings. The fourth-order valence-electron chi connectivity index (χ4n) is 2.27. The van der Waals surface area contributed by atoms with Crippen molar-refractivity contribution in [1.29, 1.82) is 0 Å². The van der Waals surface area contributed by atoms with E-state index in [0.717, 1.165) is 18.2 Å². The predicted octanol–water partition coefficient (Wildman–Crippen LogP) is 3.09. The van der Waals surface area contributed by atoms with Crippen molar-refractivity contribution < 1.29 is 9.90 Å². The number of aromatic carboxylic acids is 1. The van der Waals surface area contributed by atoms with Gasteiger partial charge in [-0.15, -0.1) is 11.3 Å². The normalized spacial score (nSPS) is 14.4. The number of fused-ring (bicyclic) bond motifs is 3. The summed E-state index contributed by atoms with van der Waals surface area (Å²) in [6.07, 6.45) is 3.45. The summed E-state index contributed by atoms with van der Waals surface area (Å²) in [6.45, 7) is 0. The second-order valence-corrected chi connectivity index (χ2v) is 4.94. The van der Waals surface area contributed by atoms with Crippen LogP contribution in [0.1, 0.15) is 27.2 Å². The van der Waals surface area contributed by atoms with Gasteiger partial charge in [-0.2, -0.15) is 0 Å². The Balaban J connectivity index is 2.31. The lowest BCUT2D eigenvalue weighted by Crippen LogP contribution is -1.89. The van der Waals surface area contributed by atoms with Crippen molar-refractivity contribution in [1.82, 2.24) is 0 Å². The fourth-order valence-corrected chi connectivity index (χ4v) is 3.37. The molecule has 0 unspecified atom stereocenters. The molecule has 1 aliphatic rings. The van der Waals surface area contributed by atoms with Crippen molar-refractivity contribution >= 4 is 27.4 Å². The molecule has 1 aromatic carbocycles. The van der Waals surface area contributed by atoms with Crippen LogP contribution in [0.2, 0.25) is 0 Å². The molecule has 0 spiro atoms. The van der Waals surface area contributed by atoms with E-state index in [2.05, 4.69) is 6.07 Å². The number of thiophene rings is 1. The predicted molar refractivity (Wildman–Crippen MR) is 60.8 cm³/mol. The van der Waals surface area contributed by atoms with Crippen molar-refractivity contribution in [3.05, 3.63) is 34.2 Å². The van der Waals surface area contributed by atoms with E-state index in [4.69, 9.17) is 5.11 Å². The lowest BCUT2D eigenvalue weighted by Gasteiger charge is -1.98. The zero-order chi connectivity index (χ0) is 10.4. The van der Waals surface area contributed by atoms with Gasteiger partial charge in [0, 0.05) is 4.70 Å². The van der Waals surface area contributed by atoms with Crippen LogP contribution < -0.4 is 0 Å². The van der Waals surface area contributed by atoms with Crippen molar-refractivity contribution in [2.75, 3.05) is 0 Å². The third kappa shape index (κ3) is 1.27. The number of hydrogen-bond donors (Lipinski definition) is 1. The highest BCUT2D eigenvalue weighted by molar-refractivity contribution is 7.21. The number of carbonyl (C=O) groups is 1. The molecule has 1 N–H and O–H groups in total. The van der Waals surface area contributed by atoms with Gasteiger partial charge in [0.25, 0.3) is 0 Å². The van der Waals surface area contributed by atoms with Gasteiger partial charge in [-0.1, -0.05) is 12.1 Å². The van der Waals surface area contributed by atoms with Gasteiger partial charge in [0.1, 0.15) is 4.88 Å². The molecular weight excluding hydrogens is 208 g/mol. The molecule has 0 aliphatic heterocycles. The molecular formula is C12H10O2S. The molecule has 1 aliphatic carbocycles. The molecule has 2 nitrogen and oxygen atoms in total. The molecule has 76 valence electrons. The molecule has 3 heteroatoms. The number of hydrogen-bond acceptors (Lipinski definition) is 2. The van der Waals surface area contributed by atoms with Crippen LogP contribution in [-0.2, 0) is 12.8 Å². The van der Waals surface area contributed by atoms with E-state index in [1.807, 2.05) is 6.07 Å². The Morgan fingerprint density at radius 2 is 2.20 bits per heavy atom. The first kappa shape index (κ1) is 8.92. The SMILES string of the molecule is O=C(O)c1cc2ccc3c(c2s1)CCC3. The molecule has 0 amide bonds. The summed E-state index contributed by atoms with van der Waals surface area (Å²) in [4.78, 5) is 11.3. The maximum Gasteiger partial charge on any atom is 0.345 e. The molecule has 1 aromatic heterocycles.